The number of phenols is 1. The van der Waals surface area contributed by atoms with Gasteiger partial charge in [-0.1, -0.05) is 19.8 Å². The van der Waals surface area contributed by atoms with Crippen LogP contribution in [0, 0.1) is 0 Å². The van der Waals surface area contributed by atoms with Crippen LogP contribution in [0.1, 0.15) is 50.7 Å². The third-order valence-corrected chi connectivity index (χ3v) is 3.44. The fraction of sp³-hybridized carbons (Fsp3) is 0.600. The van der Waals surface area contributed by atoms with Crippen LogP contribution >= 0.6 is 0 Å². The zero-order chi connectivity index (χ0) is 12.3. The van der Waals surface area contributed by atoms with E-state index >= 15 is 0 Å². The molecule has 1 aromatic carbocycles. The van der Waals surface area contributed by atoms with Crippen molar-refractivity contribution in [2.24, 2.45) is 0 Å². The van der Waals surface area contributed by atoms with E-state index in [-0.39, 0.29) is 6.10 Å². The minimum atomic E-state index is 0.271. The van der Waals surface area contributed by atoms with Crippen molar-refractivity contribution in [3.05, 3.63) is 23.3 Å². The predicted molar refractivity (Wildman–Crippen MR) is 69.7 cm³/mol. The maximum absolute atomic E-state index is 10.00. The maximum atomic E-state index is 10.00. The molecule has 0 saturated heterocycles. The first-order chi connectivity index (χ1) is 8.20. The quantitative estimate of drug-likeness (QED) is 0.802. The molecular formula is C15H22O2. The first-order valence-electron chi connectivity index (χ1n) is 6.72. The van der Waals surface area contributed by atoms with Crippen LogP contribution in [0.15, 0.2) is 12.1 Å². The summed E-state index contributed by atoms with van der Waals surface area (Å²) in [4.78, 5) is 0. The molecule has 0 bridgehead atoms. The number of phenolic OH excluding ortho intramolecular Hbond substituents is 1. The highest BCUT2D eigenvalue weighted by Gasteiger charge is 2.19. The van der Waals surface area contributed by atoms with Crippen LogP contribution in [0.2, 0.25) is 0 Å². The van der Waals surface area contributed by atoms with Crippen LogP contribution in [0.3, 0.4) is 0 Å². The lowest BCUT2D eigenvalue weighted by atomic mass is 9.98. The Hall–Kier alpha value is -1.18. The molecule has 0 saturated carbocycles. The molecule has 0 aliphatic carbocycles. The highest BCUT2D eigenvalue weighted by Crippen LogP contribution is 2.35. The van der Waals surface area contributed by atoms with E-state index in [1.165, 1.54) is 24.8 Å². The topological polar surface area (TPSA) is 29.5 Å². The van der Waals surface area contributed by atoms with E-state index in [0.717, 1.165) is 30.6 Å². The molecule has 1 aliphatic rings. The van der Waals surface area contributed by atoms with Crippen molar-refractivity contribution in [3.63, 3.8) is 0 Å². The second kappa shape index (κ2) is 5.44. The second-order valence-electron chi connectivity index (χ2n) is 5.02. The normalized spacial score (nSPS) is 18.6. The summed E-state index contributed by atoms with van der Waals surface area (Å²) in [5.74, 6) is 1.32. The molecule has 0 radical (unpaired) electrons. The lowest BCUT2D eigenvalue weighted by molar-refractivity contribution is 0.190. The summed E-state index contributed by atoms with van der Waals surface area (Å²) in [5.41, 5.74) is 2.19. The molecule has 1 aromatic rings. The SMILES string of the molecule is CCCCCc1cc(O)c2c(c1)O[C@@H](C)CC2. The monoisotopic (exact) mass is 234 g/mol. The van der Waals surface area contributed by atoms with E-state index in [1.54, 1.807) is 0 Å². The number of unbranched alkanes of at least 4 members (excludes halogenated alkanes) is 2. The molecular weight excluding hydrogens is 212 g/mol. The van der Waals surface area contributed by atoms with Gasteiger partial charge in [0, 0.05) is 5.56 Å². The number of fused-ring (bicyclic) bond motifs is 1. The number of aryl methyl sites for hydroxylation is 1. The number of benzene rings is 1. The Morgan fingerprint density at radius 1 is 1.35 bits per heavy atom. The Labute approximate surface area is 104 Å². The largest absolute Gasteiger partial charge is 0.508 e. The highest BCUT2D eigenvalue weighted by atomic mass is 16.5. The molecule has 0 spiro atoms. The van der Waals surface area contributed by atoms with Gasteiger partial charge in [0.15, 0.2) is 0 Å². The molecule has 1 heterocycles. The molecule has 2 heteroatoms. The van der Waals surface area contributed by atoms with Gasteiger partial charge in [0.25, 0.3) is 0 Å². The number of hydrogen-bond donors (Lipinski definition) is 1. The summed E-state index contributed by atoms with van der Waals surface area (Å²) >= 11 is 0. The van der Waals surface area contributed by atoms with Gasteiger partial charge in [0.1, 0.15) is 11.5 Å². The summed E-state index contributed by atoms with van der Waals surface area (Å²) in [6, 6.07) is 4.02. The van der Waals surface area contributed by atoms with Gasteiger partial charge in [-0.15, -0.1) is 0 Å². The molecule has 1 N–H and O–H groups in total. The van der Waals surface area contributed by atoms with Crippen LogP contribution < -0.4 is 4.74 Å². The Morgan fingerprint density at radius 3 is 2.94 bits per heavy atom. The summed E-state index contributed by atoms with van der Waals surface area (Å²) in [6.45, 7) is 4.29. The molecule has 1 aliphatic heterocycles. The number of rotatable bonds is 4. The smallest absolute Gasteiger partial charge is 0.126 e. The molecule has 94 valence electrons. The van der Waals surface area contributed by atoms with Crippen molar-refractivity contribution < 1.29 is 9.84 Å². The van der Waals surface area contributed by atoms with Gasteiger partial charge < -0.3 is 9.84 Å². The van der Waals surface area contributed by atoms with Crippen LogP contribution in [-0.2, 0) is 12.8 Å². The number of hydrogen-bond acceptors (Lipinski definition) is 2. The molecule has 2 nitrogen and oxygen atoms in total. The van der Waals surface area contributed by atoms with Gasteiger partial charge in [-0.2, -0.15) is 0 Å². The average Bonchev–Trinajstić information content (AvgIpc) is 2.28. The van der Waals surface area contributed by atoms with Gasteiger partial charge in [-0.05, 0) is 50.3 Å². The molecule has 0 amide bonds. The zero-order valence-electron chi connectivity index (χ0n) is 10.8. The fourth-order valence-corrected chi connectivity index (χ4v) is 2.39. The van der Waals surface area contributed by atoms with Crippen LogP contribution in [0.5, 0.6) is 11.5 Å². The van der Waals surface area contributed by atoms with Crippen molar-refractivity contribution in [1.29, 1.82) is 0 Å². The van der Waals surface area contributed by atoms with Crippen LogP contribution in [-0.4, -0.2) is 11.2 Å². The molecule has 0 unspecified atom stereocenters. The first kappa shape index (κ1) is 12.3. The Morgan fingerprint density at radius 2 is 2.18 bits per heavy atom. The van der Waals surface area contributed by atoms with E-state index in [4.69, 9.17) is 4.74 Å². The van der Waals surface area contributed by atoms with E-state index in [2.05, 4.69) is 19.9 Å². The fourth-order valence-electron chi connectivity index (χ4n) is 2.39. The van der Waals surface area contributed by atoms with Crippen molar-refractivity contribution >= 4 is 0 Å². The van der Waals surface area contributed by atoms with E-state index in [1.807, 2.05) is 6.07 Å². The van der Waals surface area contributed by atoms with Crippen molar-refractivity contribution in [2.75, 3.05) is 0 Å². The predicted octanol–water partition coefficient (Wildman–Crippen LogP) is 3.84. The van der Waals surface area contributed by atoms with Crippen molar-refractivity contribution in [2.45, 2.75) is 58.5 Å². The Bertz CT molecular complexity index is 385. The van der Waals surface area contributed by atoms with Crippen molar-refractivity contribution in [3.8, 4) is 11.5 Å². The van der Waals surface area contributed by atoms with Crippen molar-refractivity contribution in [1.82, 2.24) is 0 Å². The summed E-state index contributed by atoms with van der Waals surface area (Å²) in [5, 5.41) is 10.00. The summed E-state index contributed by atoms with van der Waals surface area (Å²) in [7, 11) is 0. The van der Waals surface area contributed by atoms with E-state index in [9.17, 15) is 5.11 Å². The minimum absolute atomic E-state index is 0.271. The molecule has 0 aromatic heterocycles. The maximum Gasteiger partial charge on any atom is 0.126 e. The Kier molecular flexibility index (Phi) is 3.93. The van der Waals surface area contributed by atoms with Gasteiger partial charge >= 0.3 is 0 Å². The van der Waals surface area contributed by atoms with Gasteiger partial charge in [-0.3, -0.25) is 0 Å². The molecule has 17 heavy (non-hydrogen) atoms. The lowest BCUT2D eigenvalue weighted by Crippen LogP contribution is -2.19. The Balaban J connectivity index is 2.14. The van der Waals surface area contributed by atoms with Gasteiger partial charge in [0.05, 0.1) is 6.10 Å². The minimum Gasteiger partial charge on any atom is -0.508 e. The van der Waals surface area contributed by atoms with Gasteiger partial charge in [-0.25, -0.2) is 0 Å². The number of aromatic hydroxyl groups is 1. The molecule has 2 rings (SSSR count). The van der Waals surface area contributed by atoms with E-state index < -0.39 is 0 Å². The first-order valence-corrected chi connectivity index (χ1v) is 6.72. The summed E-state index contributed by atoms with van der Waals surface area (Å²) in [6.07, 6.45) is 6.89. The lowest BCUT2D eigenvalue weighted by Gasteiger charge is -2.24. The van der Waals surface area contributed by atoms with Gasteiger partial charge in [0.2, 0.25) is 0 Å². The highest BCUT2D eigenvalue weighted by molar-refractivity contribution is 5.48. The third kappa shape index (κ3) is 2.93. The standard InChI is InChI=1S/C15H22O2/c1-3-4-5-6-12-9-14(16)13-8-7-11(2)17-15(13)10-12/h9-11,16H,3-8H2,1-2H3/t11-/m0/s1. The average molecular weight is 234 g/mol. The zero-order valence-corrected chi connectivity index (χ0v) is 10.8. The second-order valence-corrected chi connectivity index (χ2v) is 5.02. The third-order valence-electron chi connectivity index (χ3n) is 3.44. The molecule has 1 atom stereocenters. The molecule has 0 fully saturated rings. The van der Waals surface area contributed by atoms with Crippen LogP contribution in [0.25, 0.3) is 0 Å². The summed E-state index contributed by atoms with van der Waals surface area (Å²) < 4.78 is 5.80. The number of ether oxygens (including phenoxy) is 1. The van der Waals surface area contributed by atoms with Crippen LogP contribution in [0.4, 0.5) is 0 Å². The van der Waals surface area contributed by atoms with E-state index in [0.29, 0.717) is 5.75 Å².